The predicted octanol–water partition coefficient (Wildman–Crippen LogP) is 2.42. The van der Waals surface area contributed by atoms with Gasteiger partial charge in [-0.2, -0.15) is 0 Å². The Morgan fingerprint density at radius 3 is 2.72 bits per heavy atom. The summed E-state index contributed by atoms with van der Waals surface area (Å²) < 4.78 is 0. The summed E-state index contributed by atoms with van der Waals surface area (Å²) in [6, 6.07) is 10.2. The number of hydrogen-bond donors (Lipinski definition) is 2. The van der Waals surface area contributed by atoms with Crippen LogP contribution >= 0.6 is 11.3 Å². The van der Waals surface area contributed by atoms with Gasteiger partial charge in [0.05, 0.1) is 12.3 Å². The number of thiazole rings is 1. The van der Waals surface area contributed by atoms with Crippen LogP contribution in [0.1, 0.15) is 17.8 Å². The van der Waals surface area contributed by atoms with Crippen molar-refractivity contribution in [2.45, 2.75) is 24.9 Å². The Kier molecular flexibility index (Phi) is 3.16. The molecule has 3 rings (SSSR count). The number of aliphatic hydroxyl groups is 1. The van der Waals surface area contributed by atoms with E-state index in [2.05, 4.69) is 27.8 Å². The van der Waals surface area contributed by atoms with E-state index in [1.54, 1.807) is 11.3 Å². The molecule has 1 heterocycles. The number of nitrogens with zero attached hydrogens (tertiary/aromatic N) is 1. The number of aliphatic hydroxyl groups excluding tert-OH is 1. The number of aromatic nitrogens is 1. The lowest BCUT2D eigenvalue weighted by Gasteiger charge is -2.12. The molecule has 0 amide bonds. The zero-order chi connectivity index (χ0) is 12.4. The van der Waals surface area contributed by atoms with Crippen LogP contribution in [0.25, 0.3) is 11.3 Å². The molecule has 0 saturated heterocycles. The second-order valence-corrected chi connectivity index (χ2v) is 5.73. The SMILES string of the molecule is OCC1(NCc2nc(-c3ccccc3)cs2)CC1. The van der Waals surface area contributed by atoms with Crippen LogP contribution in [-0.4, -0.2) is 22.2 Å². The zero-order valence-corrected chi connectivity index (χ0v) is 10.9. The third-order valence-corrected chi connectivity index (χ3v) is 4.24. The van der Waals surface area contributed by atoms with E-state index in [-0.39, 0.29) is 12.1 Å². The average Bonchev–Trinajstić information content (AvgIpc) is 3.07. The summed E-state index contributed by atoms with van der Waals surface area (Å²) >= 11 is 1.67. The van der Waals surface area contributed by atoms with E-state index < -0.39 is 0 Å². The lowest BCUT2D eigenvalue weighted by atomic mass is 10.2. The van der Waals surface area contributed by atoms with E-state index in [1.807, 2.05) is 18.2 Å². The molecule has 4 heteroatoms. The molecular weight excluding hydrogens is 244 g/mol. The largest absolute Gasteiger partial charge is 0.394 e. The van der Waals surface area contributed by atoms with Gasteiger partial charge in [0.1, 0.15) is 5.01 Å². The van der Waals surface area contributed by atoms with Crippen molar-refractivity contribution in [1.29, 1.82) is 0 Å². The summed E-state index contributed by atoms with van der Waals surface area (Å²) in [7, 11) is 0. The van der Waals surface area contributed by atoms with Crippen molar-refractivity contribution in [3.63, 3.8) is 0 Å². The summed E-state index contributed by atoms with van der Waals surface area (Å²) in [5.74, 6) is 0. The smallest absolute Gasteiger partial charge is 0.107 e. The van der Waals surface area contributed by atoms with Gasteiger partial charge in [-0.25, -0.2) is 4.98 Å². The molecule has 2 aromatic rings. The number of rotatable bonds is 5. The molecule has 0 unspecified atom stereocenters. The molecular formula is C14H16N2OS. The summed E-state index contributed by atoms with van der Waals surface area (Å²) in [5.41, 5.74) is 2.17. The van der Waals surface area contributed by atoms with Crippen molar-refractivity contribution in [1.82, 2.24) is 10.3 Å². The average molecular weight is 260 g/mol. The standard InChI is InChI=1S/C14H16N2OS/c17-10-14(6-7-14)15-8-13-16-12(9-18-13)11-4-2-1-3-5-11/h1-5,9,15,17H,6-8,10H2. The van der Waals surface area contributed by atoms with Gasteiger partial charge in [-0.3, -0.25) is 0 Å². The van der Waals surface area contributed by atoms with Crippen molar-refractivity contribution >= 4 is 11.3 Å². The van der Waals surface area contributed by atoms with Crippen LogP contribution in [0.3, 0.4) is 0 Å². The molecule has 1 aromatic carbocycles. The van der Waals surface area contributed by atoms with Gasteiger partial charge < -0.3 is 10.4 Å². The highest BCUT2D eigenvalue weighted by Crippen LogP contribution is 2.35. The fourth-order valence-electron chi connectivity index (χ4n) is 1.94. The summed E-state index contributed by atoms with van der Waals surface area (Å²) in [6.07, 6.45) is 2.14. The molecule has 0 aliphatic heterocycles. The minimum absolute atomic E-state index is 0.0153. The first-order valence-corrected chi connectivity index (χ1v) is 7.05. The van der Waals surface area contributed by atoms with Crippen LogP contribution in [0.15, 0.2) is 35.7 Å². The molecule has 18 heavy (non-hydrogen) atoms. The molecule has 0 radical (unpaired) electrons. The van der Waals surface area contributed by atoms with Gasteiger partial charge in [-0.15, -0.1) is 11.3 Å². The van der Waals surface area contributed by atoms with Crippen molar-refractivity contribution in [2.24, 2.45) is 0 Å². The van der Waals surface area contributed by atoms with Gasteiger partial charge in [0, 0.05) is 23.0 Å². The molecule has 94 valence electrons. The Morgan fingerprint density at radius 2 is 2.06 bits per heavy atom. The van der Waals surface area contributed by atoms with E-state index in [1.165, 1.54) is 0 Å². The second-order valence-electron chi connectivity index (χ2n) is 4.78. The Hall–Kier alpha value is -1.23. The Morgan fingerprint density at radius 1 is 1.28 bits per heavy atom. The summed E-state index contributed by atoms with van der Waals surface area (Å²) in [5, 5.41) is 15.8. The van der Waals surface area contributed by atoms with E-state index in [0.29, 0.717) is 0 Å². The zero-order valence-electron chi connectivity index (χ0n) is 10.1. The number of nitrogens with one attached hydrogen (secondary N) is 1. The Labute approximate surface area is 111 Å². The van der Waals surface area contributed by atoms with Crippen LogP contribution in [0.4, 0.5) is 0 Å². The third-order valence-electron chi connectivity index (χ3n) is 3.39. The van der Waals surface area contributed by atoms with Gasteiger partial charge in [0.25, 0.3) is 0 Å². The molecule has 3 nitrogen and oxygen atoms in total. The maximum absolute atomic E-state index is 9.24. The van der Waals surface area contributed by atoms with Crippen LogP contribution < -0.4 is 5.32 Å². The van der Waals surface area contributed by atoms with Crippen molar-refractivity contribution in [2.75, 3.05) is 6.61 Å². The first kappa shape index (κ1) is 11.8. The van der Waals surface area contributed by atoms with Gasteiger partial charge in [-0.05, 0) is 12.8 Å². The van der Waals surface area contributed by atoms with Crippen LogP contribution in [0.5, 0.6) is 0 Å². The molecule has 1 aliphatic rings. The maximum atomic E-state index is 9.24. The highest BCUT2D eigenvalue weighted by atomic mass is 32.1. The molecule has 1 aliphatic carbocycles. The van der Waals surface area contributed by atoms with Crippen LogP contribution in [0.2, 0.25) is 0 Å². The van der Waals surface area contributed by atoms with E-state index in [0.717, 1.165) is 35.7 Å². The van der Waals surface area contributed by atoms with Gasteiger partial charge in [0.2, 0.25) is 0 Å². The van der Waals surface area contributed by atoms with Gasteiger partial charge >= 0.3 is 0 Å². The third kappa shape index (κ3) is 2.46. The second kappa shape index (κ2) is 4.80. The van der Waals surface area contributed by atoms with E-state index in [4.69, 9.17) is 0 Å². The highest BCUT2D eigenvalue weighted by Gasteiger charge is 2.41. The number of hydrogen-bond acceptors (Lipinski definition) is 4. The first-order valence-electron chi connectivity index (χ1n) is 6.17. The monoisotopic (exact) mass is 260 g/mol. The fourth-order valence-corrected chi connectivity index (χ4v) is 2.68. The lowest BCUT2D eigenvalue weighted by Crippen LogP contribution is -2.34. The van der Waals surface area contributed by atoms with E-state index in [9.17, 15) is 5.11 Å². The fraction of sp³-hybridized carbons (Fsp3) is 0.357. The highest BCUT2D eigenvalue weighted by molar-refractivity contribution is 7.09. The van der Waals surface area contributed by atoms with E-state index >= 15 is 0 Å². The topological polar surface area (TPSA) is 45.1 Å². The molecule has 0 atom stereocenters. The predicted molar refractivity (Wildman–Crippen MR) is 73.4 cm³/mol. The Bertz CT molecular complexity index is 520. The molecule has 1 aromatic heterocycles. The van der Waals surface area contributed by atoms with Crippen molar-refractivity contribution in [3.8, 4) is 11.3 Å². The van der Waals surface area contributed by atoms with Crippen molar-refractivity contribution in [3.05, 3.63) is 40.7 Å². The van der Waals surface area contributed by atoms with Crippen LogP contribution in [0, 0.1) is 0 Å². The van der Waals surface area contributed by atoms with Gasteiger partial charge in [0.15, 0.2) is 0 Å². The minimum atomic E-state index is -0.0153. The Balaban J connectivity index is 1.67. The summed E-state index contributed by atoms with van der Waals surface area (Å²) in [4.78, 5) is 4.62. The lowest BCUT2D eigenvalue weighted by molar-refractivity contribution is 0.229. The molecule has 2 N–H and O–H groups in total. The molecule has 1 fully saturated rings. The quantitative estimate of drug-likeness (QED) is 0.868. The molecule has 0 bridgehead atoms. The van der Waals surface area contributed by atoms with Gasteiger partial charge in [-0.1, -0.05) is 30.3 Å². The molecule has 0 spiro atoms. The summed E-state index contributed by atoms with van der Waals surface area (Å²) in [6.45, 7) is 0.974. The maximum Gasteiger partial charge on any atom is 0.107 e. The van der Waals surface area contributed by atoms with Crippen LogP contribution in [-0.2, 0) is 6.54 Å². The number of benzene rings is 1. The molecule has 1 saturated carbocycles. The minimum Gasteiger partial charge on any atom is -0.394 e. The first-order chi connectivity index (χ1) is 8.81. The normalized spacial score (nSPS) is 16.7. The van der Waals surface area contributed by atoms with Crippen molar-refractivity contribution < 1.29 is 5.11 Å².